The second kappa shape index (κ2) is 9.41. The van der Waals surface area contributed by atoms with Gasteiger partial charge < -0.3 is 14.9 Å². The molecule has 1 aliphatic rings. The van der Waals surface area contributed by atoms with E-state index in [0.29, 0.717) is 11.8 Å². The van der Waals surface area contributed by atoms with Gasteiger partial charge in [-0.25, -0.2) is 0 Å². The molecule has 0 aromatic heterocycles. The Morgan fingerprint density at radius 3 is 2.43 bits per heavy atom. The number of benzene rings is 2. The zero-order valence-electron chi connectivity index (χ0n) is 17.2. The number of methoxy groups -OCH3 is 1. The predicted molar refractivity (Wildman–Crippen MR) is 112 cm³/mol. The van der Waals surface area contributed by atoms with Crippen LogP contribution in [0.15, 0.2) is 36.4 Å². The topological polar surface area (TPSA) is 56.2 Å². The molecule has 2 N–H and O–H groups in total. The van der Waals surface area contributed by atoms with Crippen molar-refractivity contribution >= 4 is 0 Å². The monoisotopic (exact) mass is 384 g/mol. The van der Waals surface area contributed by atoms with Crippen molar-refractivity contribution in [3.05, 3.63) is 58.7 Å². The molecule has 0 radical (unpaired) electrons. The fourth-order valence-electron chi connectivity index (χ4n) is 4.05. The number of phenolic OH excluding ortho intramolecular Hbond substituents is 1. The van der Waals surface area contributed by atoms with E-state index in [4.69, 9.17) is 4.74 Å². The smallest absolute Gasteiger partial charge is 0.122 e. The largest absolute Gasteiger partial charge is 0.508 e. The summed E-state index contributed by atoms with van der Waals surface area (Å²) in [6.07, 6.45) is 0.778. The number of hydrogen-bond donors (Lipinski definition) is 2. The minimum absolute atomic E-state index is 0.203. The standard InChI is InChI=1S/C23H32N2O3/c1-17-18(2)23(28-3)9-6-20(17)15-25-12-11-24(16-21(25)10-13-26)14-19-4-7-22(27)8-5-19/h4-9,21,26-27H,10-16H2,1-3H3/t21-/m0/s1. The lowest BCUT2D eigenvalue weighted by atomic mass is 10.00. The molecule has 1 aliphatic heterocycles. The van der Waals surface area contributed by atoms with Gasteiger partial charge in [0.2, 0.25) is 0 Å². The van der Waals surface area contributed by atoms with Crippen LogP contribution >= 0.6 is 0 Å². The molecule has 0 aliphatic carbocycles. The van der Waals surface area contributed by atoms with Crippen molar-refractivity contribution in [3.63, 3.8) is 0 Å². The average Bonchev–Trinajstić information content (AvgIpc) is 2.69. The molecular formula is C23H32N2O3. The van der Waals surface area contributed by atoms with Crippen molar-refractivity contribution in [2.24, 2.45) is 0 Å². The highest BCUT2D eigenvalue weighted by atomic mass is 16.5. The summed E-state index contributed by atoms with van der Waals surface area (Å²) in [6.45, 7) is 9.16. The van der Waals surface area contributed by atoms with Crippen molar-refractivity contribution in [1.82, 2.24) is 9.80 Å². The fraction of sp³-hybridized carbons (Fsp3) is 0.478. The van der Waals surface area contributed by atoms with Gasteiger partial charge in [0.15, 0.2) is 0 Å². The van der Waals surface area contributed by atoms with Crippen LogP contribution in [0.3, 0.4) is 0 Å². The van der Waals surface area contributed by atoms with Gasteiger partial charge in [0, 0.05) is 45.4 Å². The summed E-state index contributed by atoms with van der Waals surface area (Å²) >= 11 is 0. The van der Waals surface area contributed by atoms with Gasteiger partial charge in [-0.15, -0.1) is 0 Å². The summed E-state index contributed by atoms with van der Waals surface area (Å²) in [5, 5.41) is 19.1. The van der Waals surface area contributed by atoms with Crippen LogP contribution in [0, 0.1) is 13.8 Å². The van der Waals surface area contributed by atoms with Crippen LogP contribution in [0.1, 0.15) is 28.7 Å². The first-order valence-corrected chi connectivity index (χ1v) is 10.00. The van der Waals surface area contributed by atoms with Gasteiger partial charge in [-0.05, 0) is 60.7 Å². The first kappa shape index (κ1) is 20.6. The van der Waals surface area contributed by atoms with E-state index in [1.807, 2.05) is 12.1 Å². The Balaban J connectivity index is 1.67. The van der Waals surface area contributed by atoms with E-state index >= 15 is 0 Å². The number of aliphatic hydroxyl groups is 1. The molecule has 1 saturated heterocycles. The summed E-state index contributed by atoms with van der Waals surface area (Å²) < 4.78 is 5.44. The zero-order valence-corrected chi connectivity index (χ0v) is 17.2. The third kappa shape index (κ3) is 4.85. The minimum atomic E-state index is 0.203. The lowest BCUT2D eigenvalue weighted by molar-refractivity contribution is 0.0498. The Hall–Kier alpha value is -2.08. The van der Waals surface area contributed by atoms with E-state index in [1.54, 1.807) is 19.2 Å². The summed E-state index contributed by atoms with van der Waals surface area (Å²) in [5.74, 6) is 1.24. The Bertz CT molecular complexity index is 776. The lowest BCUT2D eigenvalue weighted by Crippen LogP contribution is -2.52. The number of aliphatic hydroxyl groups excluding tert-OH is 1. The highest BCUT2D eigenvalue weighted by Crippen LogP contribution is 2.26. The minimum Gasteiger partial charge on any atom is -0.508 e. The molecule has 0 bridgehead atoms. The third-order valence-electron chi connectivity index (χ3n) is 5.94. The lowest BCUT2D eigenvalue weighted by Gasteiger charge is -2.41. The summed E-state index contributed by atoms with van der Waals surface area (Å²) in [4.78, 5) is 4.94. The second-order valence-electron chi connectivity index (χ2n) is 7.72. The maximum atomic E-state index is 9.59. The molecule has 3 rings (SSSR count). The number of nitrogens with zero attached hydrogens (tertiary/aromatic N) is 2. The highest BCUT2D eigenvalue weighted by molar-refractivity contribution is 5.43. The van der Waals surface area contributed by atoms with Gasteiger partial charge in [-0.2, -0.15) is 0 Å². The molecule has 1 fully saturated rings. The predicted octanol–water partition coefficient (Wildman–Crippen LogP) is 3.09. The van der Waals surface area contributed by atoms with E-state index in [2.05, 4.69) is 35.8 Å². The molecule has 2 aromatic carbocycles. The van der Waals surface area contributed by atoms with Gasteiger partial charge >= 0.3 is 0 Å². The first-order chi connectivity index (χ1) is 13.5. The van der Waals surface area contributed by atoms with Crippen LogP contribution in [0.4, 0.5) is 0 Å². The molecule has 1 atom stereocenters. The molecule has 0 spiro atoms. The first-order valence-electron chi connectivity index (χ1n) is 10.00. The summed E-state index contributed by atoms with van der Waals surface area (Å²) in [6, 6.07) is 12.0. The highest BCUT2D eigenvalue weighted by Gasteiger charge is 2.27. The van der Waals surface area contributed by atoms with Crippen molar-refractivity contribution in [1.29, 1.82) is 0 Å². The average molecular weight is 385 g/mol. The Kier molecular flexibility index (Phi) is 6.94. The molecule has 0 amide bonds. The van der Waals surface area contributed by atoms with E-state index in [-0.39, 0.29) is 6.61 Å². The van der Waals surface area contributed by atoms with Crippen molar-refractivity contribution in [2.75, 3.05) is 33.4 Å². The molecule has 5 heteroatoms. The van der Waals surface area contributed by atoms with Gasteiger partial charge in [-0.1, -0.05) is 18.2 Å². The molecule has 0 saturated carbocycles. The number of phenols is 1. The van der Waals surface area contributed by atoms with Gasteiger partial charge in [0.25, 0.3) is 0 Å². The molecule has 28 heavy (non-hydrogen) atoms. The number of ether oxygens (including phenoxy) is 1. The number of hydrogen-bond acceptors (Lipinski definition) is 5. The maximum Gasteiger partial charge on any atom is 0.122 e. The Morgan fingerprint density at radius 2 is 1.75 bits per heavy atom. The van der Waals surface area contributed by atoms with Crippen LogP contribution in [-0.4, -0.2) is 59.4 Å². The molecule has 0 unspecified atom stereocenters. The maximum absolute atomic E-state index is 9.59. The van der Waals surface area contributed by atoms with Gasteiger partial charge in [0.1, 0.15) is 11.5 Å². The molecular weight excluding hydrogens is 352 g/mol. The molecule has 2 aromatic rings. The van der Waals surface area contributed by atoms with Gasteiger partial charge in [-0.3, -0.25) is 9.80 Å². The number of piperazine rings is 1. The Labute approximate surface area is 168 Å². The van der Waals surface area contributed by atoms with Crippen LogP contribution in [0.5, 0.6) is 11.5 Å². The number of rotatable bonds is 7. The van der Waals surface area contributed by atoms with E-state index in [1.165, 1.54) is 22.3 Å². The Morgan fingerprint density at radius 1 is 1.00 bits per heavy atom. The van der Waals surface area contributed by atoms with Crippen LogP contribution in [0.25, 0.3) is 0 Å². The SMILES string of the molecule is COc1ccc(CN2CCN(Cc3ccc(O)cc3)C[C@@H]2CCO)c(C)c1C. The van der Waals surface area contributed by atoms with Gasteiger partial charge in [0.05, 0.1) is 7.11 Å². The number of aromatic hydroxyl groups is 1. The van der Waals surface area contributed by atoms with E-state index < -0.39 is 0 Å². The van der Waals surface area contributed by atoms with Crippen molar-refractivity contribution in [2.45, 2.75) is 39.4 Å². The third-order valence-corrected chi connectivity index (χ3v) is 5.94. The molecule has 152 valence electrons. The second-order valence-corrected chi connectivity index (χ2v) is 7.72. The van der Waals surface area contributed by atoms with Crippen LogP contribution in [0.2, 0.25) is 0 Å². The fourth-order valence-corrected chi connectivity index (χ4v) is 4.05. The summed E-state index contributed by atoms with van der Waals surface area (Å²) in [5.41, 5.74) is 5.02. The zero-order chi connectivity index (χ0) is 20.1. The molecule has 1 heterocycles. The van der Waals surface area contributed by atoms with Crippen molar-refractivity contribution < 1.29 is 14.9 Å². The van der Waals surface area contributed by atoms with E-state index in [0.717, 1.165) is 44.9 Å². The van der Waals surface area contributed by atoms with E-state index in [9.17, 15) is 10.2 Å². The molecule has 5 nitrogen and oxygen atoms in total. The summed E-state index contributed by atoms with van der Waals surface area (Å²) in [7, 11) is 1.71. The van der Waals surface area contributed by atoms with Crippen LogP contribution < -0.4 is 4.74 Å². The van der Waals surface area contributed by atoms with Crippen molar-refractivity contribution in [3.8, 4) is 11.5 Å². The normalized spacial score (nSPS) is 18.4. The van der Waals surface area contributed by atoms with Crippen LogP contribution in [-0.2, 0) is 13.1 Å². The quantitative estimate of drug-likeness (QED) is 0.768.